The van der Waals surface area contributed by atoms with E-state index in [0.29, 0.717) is 11.5 Å². The Morgan fingerprint density at radius 2 is 1.48 bits per heavy atom. The van der Waals surface area contributed by atoms with Gasteiger partial charge in [-0.15, -0.1) is 0 Å². The van der Waals surface area contributed by atoms with Gasteiger partial charge in [-0.25, -0.2) is 0 Å². The zero-order chi connectivity index (χ0) is 23.4. The maximum absolute atomic E-state index is 12.0. The van der Waals surface area contributed by atoms with Crippen LogP contribution in [0.3, 0.4) is 0 Å². The van der Waals surface area contributed by atoms with Crippen LogP contribution in [0.15, 0.2) is 54.6 Å². The van der Waals surface area contributed by atoms with Crippen LogP contribution in [0.2, 0.25) is 0 Å². The van der Waals surface area contributed by atoms with Gasteiger partial charge in [0.25, 0.3) is 0 Å². The van der Waals surface area contributed by atoms with Gasteiger partial charge in [0.1, 0.15) is 23.7 Å². The summed E-state index contributed by atoms with van der Waals surface area (Å²) in [6.45, 7) is 2.71. The predicted octanol–water partition coefficient (Wildman–Crippen LogP) is 2.78. The molecule has 2 aliphatic heterocycles. The fourth-order valence-corrected chi connectivity index (χ4v) is 3.85. The molecule has 0 radical (unpaired) electrons. The second-order valence-corrected chi connectivity index (χ2v) is 7.66. The van der Waals surface area contributed by atoms with Crippen molar-refractivity contribution in [2.24, 2.45) is 0 Å². The molecule has 33 heavy (non-hydrogen) atoms. The number of ether oxygens (including phenoxy) is 7. The molecule has 0 spiro atoms. The van der Waals surface area contributed by atoms with E-state index in [0.717, 1.165) is 5.56 Å². The van der Waals surface area contributed by atoms with Crippen molar-refractivity contribution >= 4 is 11.9 Å². The normalized spacial score (nSPS) is 28.8. The van der Waals surface area contributed by atoms with Gasteiger partial charge in [-0.1, -0.05) is 30.3 Å². The summed E-state index contributed by atoms with van der Waals surface area (Å²) < 4.78 is 40.3. The zero-order valence-electron chi connectivity index (χ0n) is 18.5. The number of rotatable bonds is 6. The number of carbonyl (C=O) groups is 2. The standard InChI is InChI=1S/C24H26O9/c1-14(25)29-21-20-19(13-28-23(33-20)16-7-5-4-6-8-16)32-24(22(21)30-15(2)26)31-18-11-9-17(27-3)10-12-18/h4-12,19-24H,13H2,1-3H3/t19-,20-,21+,22-,23-,24-/m1/s1. The van der Waals surface area contributed by atoms with E-state index in [1.807, 2.05) is 30.3 Å². The molecule has 0 aromatic heterocycles. The summed E-state index contributed by atoms with van der Waals surface area (Å²) in [5.41, 5.74) is 0.804. The minimum Gasteiger partial charge on any atom is -0.497 e. The highest BCUT2D eigenvalue weighted by Gasteiger charge is 2.54. The number of carbonyl (C=O) groups excluding carboxylic acids is 2. The third kappa shape index (κ3) is 5.44. The van der Waals surface area contributed by atoms with E-state index in [4.69, 9.17) is 33.2 Å². The number of benzene rings is 2. The van der Waals surface area contributed by atoms with Gasteiger partial charge in [0, 0.05) is 19.4 Å². The van der Waals surface area contributed by atoms with Gasteiger partial charge in [0.05, 0.1) is 13.7 Å². The summed E-state index contributed by atoms with van der Waals surface area (Å²) in [5, 5.41) is 0. The van der Waals surface area contributed by atoms with Crippen molar-refractivity contribution < 1.29 is 42.7 Å². The van der Waals surface area contributed by atoms with Gasteiger partial charge in [-0.2, -0.15) is 0 Å². The van der Waals surface area contributed by atoms with Gasteiger partial charge in [-0.05, 0) is 24.3 Å². The number of esters is 2. The van der Waals surface area contributed by atoms with E-state index in [-0.39, 0.29) is 6.61 Å². The molecular weight excluding hydrogens is 432 g/mol. The Morgan fingerprint density at radius 3 is 2.12 bits per heavy atom. The summed E-state index contributed by atoms with van der Waals surface area (Å²) in [7, 11) is 1.56. The fourth-order valence-electron chi connectivity index (χ4n) is 3.85. The molecule has 2 fully saturated rings. The molecule has 9 nitrogen and oxygen atoms in total. The minimum atomic E-state index is -1.07. The Morgan fingerprint density at radius 1 is 0.848 bits per heavy atom. The lowest BCUT2D eigenvalue weighted by Gasteiger charge is -2.47. The van der Waals surface area contributed by atoms with Gasteiger partial charge in [0.15, 0.2) is 12.4 Å². The molecule has 0 unspecified atom stereocenters. The minimum absolute atomic E-state index is 0.164. The van der Waals surface area contributed by atoms with E-state index < -0.39 is 48.9 Å². The topological polar surface area (TPSA) is 98.8 Å². The first-order valence-electron chi connectivity index (χ1n) is 10.6. The first kappa shape index (κ1) is 23.0. The highest BCUT2D eigenvalue weighted by Crippen LogP contribution is 2.37. The number of hydrogen-bond donors (Lipinski definition) is 0. The average Bonchev–Trinajstić information content (AvgIpc) is 2.81. The first-order chi connectivity index (χ1) is 15.9. The van der Waals surface area contributed by atoms with Crippen LogP contribution in [0.25, 0.3) is 0 Å². The van der Waals surface area contributed by atoms with Crippen molar-refractivity contribution in [1.29, 1.82) is 0 Å². The molecule has 0 N–H and O–H groups in total. The molecule has 176 valence electrons. The lowest BCUT2D eigenvalue weighted by Crippen LogP contribution is -2.64. The Balaban J connectivity index is 1.60. The first-order valence-corrected chi connectivity index (χ1v) is 10.6. The Labute approximate surface area is 191 Å². The molecule has 2 heterocycles. The molecule has 0 saturated carbocycles. The van der Waals surface area contributed by atoms with Crippen molar-refractivity contribution in [2.45, 2.75) is 50.8 Å². The van der Waals surface area contributed by atoms with Crippen LogP contribution >= 0.6 is 0 Å². The molecular formula is C24H26O9. The molecule has 2 aliphatic rings. The maximum atomic E-state index is 12.0. The number of hydrogen-bond acceptors (Lipinski definition) is 9. The van der Waals surface area contributed by atoms with Crippen LogP contribution in [0.4, 0.5) is 0 Å². The molecule has 0 aliphatic carbocycles. The average molecular weight is 458 g/mol. The Kier molecular flexibility index (Phi) is 7.12. The third-order valence-electron chi connectivity index (χ3n) is 5.27. The van der Waals surface area contributed by atoms with E-state index in [9.17, 15) is 9.59 Å². The van der Waals surface area contributed by atoms with Crippen molar-refractivity contribution in [3.05, 3.63) is 60.2 Å². The summed E-state index contributed by atoms with van der Waals surface area (Å²) in [6.07, 6.45) is -5.15. The van der Waals surface area contributed by atoms with E-state index in [2.05, 4.69) is 0 Å². The zero-order valence-corrected chi connectivity index (χ0v) is 18.5. The lowest BCUT2D eigenvalue weighted by atomic mass is 9.97. The van der Waals surface area contributed by atoms with Crippen molar-refractivity contribution in [1.82, 2.24) is 0 Å². The summed E-state index contributed by atoms with van der Waals surface area (Å²) in [4.78, 5) is 23.9. The smallest absolute Gasteiger partial charge is 0.303 e. The summed E-state index contributed by atoms with van der Waals surface area (Å²) in [5.74, 6) is -0.0123. The lowest BCUT2D eigenvalue weighted by molar-refractivity contribution is -0.351. The van der Waals surface area contributed by atoms with Gasteiger partial charge in [-0.3, -0.25) is 9.59 Å². The third-order valence-corrected chi connectivity index (χ3v) is 5.27. The second-order valence-electron chi connectivity index (χ2n) is 7.66. The molecule has 0 bridgehead atoms. The van der Waals surface area contributed by atoms with Crippen LogP contribution in [0.5, 0.6) is 11.5 Å². The molecule has 4 rings (SSSR count). The highest BCUT2D eigenvalue weighted by molar-refractivity contribution is 5.67. The number of methoxy groups -OCH3 is 1. The van der Waals surface area contributed by atoms with Crippen LogP contribution in [0, 0.1) is 0 Å². The molecule has 9 heteroatoms. The molecule has 2 saturated heterocycles. The molecule has 2 aromatic rings. The van der Waals surface area contributed by atoms with Crippen LogP contribution < -0.4 is 9.47 Å². The monoisotopic (exact) mass is 458 g/mol. The largest absolute Gasteiger partial charge is 0.497 e. The SMILES string of the molecule is COc1ccc(O[C@@H]2O[C@@H]3CO[C@@H](c4ccccc4)O[C@H]3[C@H](OC(C)=O)[C@H]2OC(C)=O)cc1. The van der Waals surface area contributed by atoms with Crippen LogP contribution in [0.1, 0.15) is 25.7 Å². The van der Waals surface area contributed by atoms with Crippen LogP contribution in [-0.2, 0) is 33.3 Å². The van der Waals surface area contributed by atoms with Crippen molar-refractivity contribution in [3.8, 4) is 11.5 Å². The van der Waals surface area contributed by atoms with Gasteiger partial charge in [0.2, 0.25) is 12.4 Å². The van der Waals surface area contributed by atoms with Crippen molar-refractivity contribution in [2.75, 3.05) is 13.7 Å². The van der Waals surface area contributed by atoms with E-state index in [1.54, 1.807) is 31.4 Å². The second kappa shape index (κ2) is 10.2. The van der Waals surface area contributed by atoms with Crippen LogP contribution in [-0.4, -0.2) is 56.4 Å². The van der Waals surface area contributed by atoms with E-state index >= 15 is 0 Å². The van der Waals surface area contributed by atoms with Gasteiger partial charge < -0.3 is 33.2 Å². The van der Waals surface area contributed by atoms with Gasteiger partial charge >= 0.3 is 11.9 Å². The maximum Gasteiger partial charge on any atom is 0.303 e. The fraction of sp³-hybridized carbons (Fsp3) is 0.417. The summed E-state index contributed by atoms with van der Waals surface area (Å²) >= 11 is 0. The molecule has 6 atom stereocenters. The molecule has 0 amide bonds. The molecule has 2 aromatic carbocycles. The Hall–Kier alpha value is -3.14. The predicted molar refractivity (Wildman–Crippen MR) is 113 cm³/mol. The highest BCUT2D eigenvalue weighted by atomic mass is 16.8. The quantitative estimate of drug-likeness (QED) is 0.605. The van der Waals surface area contributed by atoms with Crippen molar-refractivity contribution in [3.63, 3.8) is 0 Å². The number of fused-ring (bicyclic) bond motifs is 1. The van der Waals surface area contributed by atoms with E-state index in [1.165, 1.54) is 13.8 Å². The Bertz CT molecular complexity index is 946. The summed E-state index contributed by atoms with van der Waals surface area (Å²) in [6, 6.07) is 16.2.